The maximum absolute atomic E-state index is 12.9. The lowest BCUT2D eigenvalue weighted by atomic mass is 10.2. The van der Waals surface area contributed by atoms with E-state index in [-0.39, 0.29) is 27.2 Å². The number of hydrogen-bond acceptors (Lipinski definition) is 5. The molecule has 0 bridgehead atoms. The van der Waals surface area contributed by atoms with E-state index in [1.54, 1.807) is 6.07 Å². The fourth-order valence-corrected chi connectivity index (χ4v) is 2.84. The predicted octanol–water partition coefficient (Wildman–Crippen LogP) is 4.46. The molecule has 2 aromatic rings. The minimum Gasteiger partial charge on any atom is -0.475 e. The molecule has 26 heavy (non-hydrogen) atoms. The number of nitriles is 1. The zero-order chi connectivity index (χ0) is 19.5. The van der Waals surface area contributed by atoms with E-state index in [1.807, 2.05) is 0 Å². The molecule has 0 unspecified atom stereocenters. The van der Waals surface area contributed by atoms with Gasteiger partial charge in [-0.3, -0.25) is 0 Å². The second-order valence-electron chi connectivity index (χ2n) is 5.07. The summed E-state index contributed by atoms with van der Waals surface area (Å²) in [7, 11) is -3.51. The highest BCUT2D eigenvalue weighted by Crippen LogP contribution is 2.40. The molecule has 0 saturated heterocycles. The molecule has 0 aliphatic rings. The monoisotopic (exact) mass is 405 g/mol. The fourth-order valence-electron chi connectivity index (χ4n) is 1.91. The number of ether oxygens (including phenoxy) is 2. The van der Waals surface area contributed by atoms with E-state index in [2.05, 4.69) is 0 Å². The summed E-state index contributed by atoms with van der Waals surface area (Å²) in [6.07, 6.45) is -3.63. The molecule has 0 N–H and O–H groups in total. The van der Waals surface area contributed by atoms with Crippen molar-refractivity contribution in [3.8, 4) is 23.3 Å². The van der Waals surface area contributed by atoms with E-state index in [0.717, 1.165) is 24.5 Å². The molecule has 5 nitrogen and oxygen atoms in total. The summed E-state index contributed by atoms with van der Waals surface area (Å²) in [5, 5.41) is 8.45. The number of alkyl halides is 3. The van der Waals surface area contributed by atoms with Crippen LogP contribution in [0.3, 0.4) is 0 Å². The molecule has 2 rings (SSSR count). The third-order valence-electron chi connectivity index (χ3n) is 3.11. The molecule has 0 aliphatic heterocycles. The Morgan fingerprint density at radius 3 is 2.31 bits per heavy atom. The van der Waals surface area contributed by atoms with Gasteiger partial charge in [-0.15, -0.1) is 0 Å². The van der Waals surface area contributed by atoms with Crippen molar-refractivity contribution in [2.75, 3.05) is 12.9 Å². The lowest BCUT2D eigenvalue weighted by Gasteiger charge is -2.15. The predicted molar refractivity (Wildman–Crippen MR) is 87.2 cm³/mol. The molecule has 0 amide bonds. The molecule has 0 fully saturated rings. The highest BCUT2D eigenvalue weighted by molar-refractivity contribution is 7.90. The van der Waals surface area contributed by atoms with Crippen molar-refractivity contribution in [3.63, 3.8) is 0 Å². The van der Waals surface area contributed by atoms with Crippen LogP contribution in [0.15, 0.2) is 41.3 Å². The summed E-state index contributed by atoms with van der Waals surface area (Å²) in [6.45, 7) is -0.400. The van der Waals surface area contributed by atoms with Gasteiger partial charge in [-0.05, 0) is 36.4 Å². The number of benzene rings is 2. The van der Waals surface area contributed by atoms with E-state index in [0.29, 0.717) is 6.07 Å². The minimum absolute atomic E-state index is 0.0693. The molecule has 0 atom stereocenters. The Morgan fingerprint density at radius 2 is 1.77 bits per heavy atom. The molecular formula is C16H11ClF3NO4S. The van der Waals surface area contributed by atoms with Crippen molar-refractivity contribution in [2.24, 2.45) is 0 Å². The highest BCUT2D eigenvalue weighted by Gasteiger charge is 2.31. The Bertz CT molecular complexity index is 968. The standard InChI is InChI=1S/C16H11ClF3NO4S/c1-26(22,23)11-3-5-13(12(17)9-11)25-15-8-10(16(18,19)20)2-4-14(15)24-7-6-21/h2-5,8-9H,7H2,1H3. The Kier molecular flexibility index (Phi) is 5.68. The Morgan fingerprint density at radius 1 is 1.12 bits per heavy atom. The number of rotatable bonds is 5. The summed E-state index contributed by atoms with van der Waals surface area (Å²) in [4.78, 5) is -0.0696. The van der Waals surface area contributed by atoms with E-state index in [9.17, 15) is 21.6 Å². The first-order valence-electron chi connectivity index (χ1n) is 6.91. The Labute approximate surface area is 152 Å². The van der Waals surface area contributed by atoms with Crippen LogP contribution in [-0.4, -0.2) is 21.3 Å². The van der Waals surface area contributed by atoms with Crippen molar-refractivity contribution in [1.29, 1.82) is 5.26 Å². The van der Waals surface area contributed by atoms with Gasteiger partial charge in [-0.25, -0.2) is 8.42 Å². The van der Waals surface area contributed by atoms with Gasteiger partial charge in [0.05, 0.1) is 15.5 Å². The number of hydrogen-bond donors (Lipinski definition) is 0. The van der Waals surface area contributed by atoms with Crippen molar-refractivity contribution in [3.05, 3.63) is 47.0 Å². The normalized spacial score (nSPS) is 11.7. The van der Waals surface area contributed by atoms with Gasteiger partial charge in [-0.2, -0.15) is 18.4 Å². The van der Waals surface area contributed by atoms with Gasteiger partial charge in [-0.1, -0.05) is 11.6 Å². The minimum atomic E-state index is -4.62. The van der Waals surface area contributed by atoms with Crippen LogP contribution < -0.4 is 9.47 Å². The van der Waals surface area contributed by atoms with Crippen LogP contribution in [-0.2, 0) is 16.0 Å². The molecule has 2 aromatic carbocycles. The zero-order valence-corrected chi connectivity index (χ0v) is 14.7. The van der Waals surface area contributed by atoms with E-state index < -0.39 is 28.2 Å². The summed E-state index contributed by atoms with van der Waals surface area (Å²) in [6, 6.07) is 7.75. The van der Waals surface area contributed by atoms with Gasteiger partial charge in [0.2, 0.25) is 0 Å². The van der Waals surface area contributed by atoms with Crippen LogP contribution in [0.4, 0.5) is 13.2 Å². The molecule has 10 heteroatoms. The summed E-state index contributed by atoms with van der Waals surface area (Å²) >= 11 is 5.97. The average molecular weight is 406 g/mol. The molecule has 0 heterocycles. The Balaban J connectivity index is 2.45. The van der Waals surface area contributed by atoms with Gasteiger partial charge < -0.3 is 9.47 Å². The van der Waals surface area contributed by atoms with Crippen LogP contribution in [0.1, 0.15) is 5.56 Å². The lowest BCUT2D eigenvalue weighted by molar-refractivity contribution is -0.137. The summed E-state index contributed by atoms with van der Waals surface area (Å²) in [5.74, 6) is -0.480. The third kappa shape index (κ3) is 4.80. The SMILES string of the molecule is CS(=O)(=O)c1ccc(Oc2cc(C(F)(F)F)ccc2OCC#N)c(Cl)c1. The average Bonchev–Trinajstić information content (AvgIpc) is 2.53. The molecular weight excluding hydrogens is 395 g/mol. The van der Waals surface area contributed by atoms with Crippen LogP contribution in [0.2, 0.25) is 5.02 Å². The largest absolute Gasteiger partial charge is 0.475 e. The third-order valence-corrected chi connectivity index (χ3v) is 4.52. The first-order chi connectivity index (χ1) is 12.0. The second-order valence-corrected chi connectivity index (χ2v) is 7.50. The number of halogens is 4. The lowest BCUT2D eigenvalue weighted by Crippen LogP contribution is -2.06. The van der Waals surface area contributed by atoms with Crippen molar-refractivity contribution >= 4 is 21.4 Å². The molecule has 0 spiro atoms. The quantitative estimate of drug-likeness (QED) is 0.734. The van der Waals surface area contributed by atoms with Crippen molar-refractivity contribution in [1.82, 2.24) is 0 Å². The van der Waals surface area contributed by atoms with Gasteiger partial charge in [0.1, 0.15) is 11.8 Å². The summed E-state index contributed by atoms with van der Waals surface area (Å²) < 4.78 is 72.2. The fraction of sp³-hybridized carbons (Fsp3) is 0.188. The van der Waals surface area contributed by atoms with E-state index in [1.165, 1.54) is 12.1 Å². The van der Waals surface area contributed by atoms with Gasteiger partial charge in [0.15, 0.2) is 27.9 Å². The zero-order valence-electron chi connectivity index (χ0n) is 13.2. The molecule has 138 valence electrons. The van der Waals surface area contributed by atoms with Crippen LogP contribution in [0.25, 0.3) is 0 Å². The van der Waals surface area contributed by atoms with E-state index >= 15 is 0 Å². The van der Waals surface area contributed by atoms with Crippen LogP contribution in [0, 0.1) is 11.3 Å². The molecule has 0 radical (unpaired) electrons. The second kappa shape index (κ2) is 7.43. The van der Waals surface area contributed by atoms with Crippen molar-refractivity contribution in [2.45, 2.75) is 11.1 Å². The topological polar surface area (TPSA) is 76.4 Å². The maximum Gasteiger partial charge on any atom is 0.416 e. The Hall–Kier alpha value is -2.44. The molecule has 0 saturated carbocycles. The van der Waals surface area contributed by atoms with Gasteiger partial charge in [0.25, 0.3) is 0 Å². The smallest absolute Gasteiger partial charge is 0.416 e. The van der Waals surface area contributed by atoms with Crippen LogP contribution in [0.5, 0.6) is 17.2 Å². The van der Waals surface area contributed by atoms with Crippen LogP contribution >= 0.6 is 11.6 Å². The molecule has 0 aliphatic carbocycles. The number of nitrogens with zero attached hydrogens (tertiary/aromatic N) is 1. The van der Waals surface area contributed by atoms with Gasteiger partial charge in [0, 0.05) is 6.26 Å². The first kappa shape index (κ1) is 19.9. The highest BCUT2D eigenvalue weighted by atomic mass is 35.5. The number of sulfone groups is 1. The van der Waals surface area contributed by atoms with Gasteiger partial charge >= 0.3 is 6.18 Å². The van der Waals surface area contributed by atoms with Crippen molar-refractivity contribution < 1.29 is 31.1 Å². The summed E-state index contributed by atoms with van der Waals surface area (Å²) in [5.41, 5.74) is -0.985. The van der Waals surface area contributed by atoms with E-state index in [4.69, 9.17) is 26.3 Å². The first-order valence-corrected chi connectivity index (χ1v) is 9.18. The maximum atomic E-state index is 12.9. The molecule has 0 aromatic heterocycles.